The molecule has 2 N–H and O–H groups in total. The van der Waals surface area contributed by atoms with Crippen LogP contribution < -0.4 is 5.32 Å². The summed E-state index contributed by atoms with van der Waals surface area (Å²) in [6.45, 7) is 0.346. The second-order valence-corrected chi connectivity index (χ2v) is 5.55. The zero-order valence-electron chi connectivity index (χ0n) is 11.6. The summed E-state index contributed by atoms with van der Waals surface area (Å²) in [5.74, 6) is -3.02. The Morgan fingerprint density at radius 3 is 2.77 bits per heavy atom. The first-order chi connectivity index (χ1) is 10.4. The number of urea groups is 1. The van der Waals surface area contributed by atoms with Gasteiger partial charge in [-0.15, -0.1) is 0 Å². The van der Waals surface area contributed by atoms with Gasteiger partial charge in [-0.1, -0.05) is 11.6 Å². The van der Waals surface area contributed by atoms with Crippen LogP contribution in [0.25, 0.3) is 0 Å². The van der Waals surface area contributed by atoms with Crippen LogP contribution >= 0.6 is 11.6 Å². The van der Waals surface area contributed by atoms with Crippen molar-refractivity contribution in [1.29, 1.82) is 0 Å². The number of nitrogens with zero attached hydrogens (tertiary/aromatic N) is 1. The fourth-order valence-corrected chi connectivity index (χ4v) is 2.50. The molecule has 1 heterocycles. The predicted octanol–water partition coefficient (Wildman–Crippen LogP) is 2.62. The summed E-state index contributed by atoms with van der Waals surface area (Å²) in [5.41, 5.74) is -0.0259. The van der Waals surface area contributed by atoms with Crippen molar-refractivity contribution in [1.82, 2.24) is 10.2 Å². The molecule has 1 aliphatic rings. The number of amides is 2. The summed E-state index contributed by atoms with van der Waals surface area (Å²) >= 11 is 5.45. The molecule has 1 fully saturated rings. The van der Waals surface area contributed by atoms with Crippen molar-refractivity contribution in [2.45, 2.75) is 19.4 Å². The first kappa shape index (κ1) is 16.5. The number of carboxylic acid groups (broad SMARTS) is 1. The first-order valence-electron chi connectivity index (χ1n) is 6.77. The van der Waals surface area contributed by atoms with Gasteiger partial charge in [0, 0.05) is 25.2 Å². The molecule has 2 amide bonds. The Morgan fingerprint density at radius 1 is 1.36 bits per heavy atom. The molecule has 120 valence electrons. The summed E-state index contributed by atoms with van der Waals surface area (Å²) in [7, 11) is 0. The number of nitrogens with one attached hydrogen (secondary N) is 1. The van der Waals surface area contributed by atoms with Crippen molar-refractivity contribution in [3.8, 4) is 0 Å². The molecule has 0 bridgehead atoms. The number of hydrogen-bond acceptors (Lipinski definition) is 2. The molecular formula is C14H15ClF2N2O3. The third kappa shape index (κ3) is 3.85. The predicted molar refractivity (Wildman–Crippen MR) is 75.5 cm³/mol. The average molecular weight is 333 g/mol. The van der Waals surface area contributed by atoms with Crippen LogP contribution in [0.2, 0.25) is 5.02 Å². The van der Waals surface area contributed by atoms with E-state index in [9.17, 15) is 18.4 Å². The van der Waals surface area contributed by atoms with E-state index < -0.39 is 29.6 Å². The molecule has 0 aliphatic carbocycles. The molecule has 0 spiro atoms. The molecule has 0 radical (unpaired) electrons. The summed E-state index contributed by atoms with van der Waals surface area (Å²) in [4.78, 5) is 24.3. The zero-order valence-corrected chi connectivity index (χ0v) is 12.4. The van der Waals surface area contributed by atoms with Gasteiger partial charge in [-0.05, 0) is 25.0 Å². The normalized spacial score (nSPS) is 18.1. The number of rotatable bonds is 3. The molecule has 1 aliphatic heterocycles. The Kier molecular flexibility index (Phi) is 5.18. The van der Waals surface area contributed by atoms with E-state index in [1.165, 1.54) is 4.90 Å². The lowest BCUT2D eigenvalue weighted by atomic mass is 9.99. The minimum atomic E-state index is -0.941. The highest BCUT2D eigenvalue weighted by molar-refractivity contribution is 6.30. The Bertz CT molecular complexity index is 598. The Balaban J connectivity index is 1.95. The van der Waals surface area contributed by atoms with Crippen molar-refractivity contribution in [3.05, 3.63) is 34.4 Å². The van der Waals surface area contributed by atoms with E-state index in [4.69, 9.17) is 16.7 Å². The standard InChI is InChI=1S/C14H15ClF2N2O3/c15-10-5-11(16)9(4-12(10)17)6-18-14(22)19-3-1-2-8(7-19)13(20)21/h4-5,8H,1-3,6-7H2,(H,18,22)(H,20,21). The van der Waals surface area contributed by atoms with Crippen LogP contribution in [-0.4, -0.2) is 35.1 Å². The second kappa shape index (κ2) is 6.91. The van der Waals surface area contributed by atoms with E-state index in [1.807, 2.05) is 0 Å². The largest absolute Gasteiger partial charge is 0.481 e. The molecule has 2 rings (SSSR count). The zero-order chi connectivity index (χ0) is 16.3. The molecule has 1 aromatic carbocycles. The molecule has 8 heteroatoms. The average Bonchev–Trinajstić information content (AvgIpc) is 2.49. The lowest BCUT2D eigenvalue weighted by molar-refractivity contribution is -0.143. The van der Waals surface area contributed by atoms with E-state index >= 15 is 0 Å². The van der Waals surface area contributed by atoms with E-state index in [0.29, 0.717) is 19.4 Å². The number of piperidine rings is 1. The van der Waals surface area contributed by atoms with Gasteiger partial charge in [0.2, 0.25) is 0 Å². The van der Waals surface area contributed by atoms with Crippen LogP contribution in [0.5, 0.6) is 0 Å². The van der Waals surface area contributed by atoms with Crippen molar-refractivity contribution in [2.75, 3.05) is 13.1 Å². The van der Waals surface area contributed by atoms with E-state index in [2.05, 4.69) is 5.32 Å². The summed E-state index contributed by atoms with van der Waals surface area (Å²) in [6.07, 6.45) is 1.12. The maximum absolute atomic E-state index is 13.6. The Hall–Kier alpha value is -1.89. The number of carbonyl (C=O) groups is 2. The van der Waals surface area contributed by atoms with Gasteiger partial charge in [0.25, 0.3) is 0 Å². The first-order valence-corrected chi connectivity index (χ1v) is 7.15. The minimum absolute atomic E-state index is 0.0259. The third-order valence-corrected chi connectivity index (χ3v) is 3.87. The van der Waals surface area contributed by atoms with Gasteiger partial charge < -0.3 is 15.3 Å². The number of halogens is 3. The lowest BCUT2D eigenvalue weighted by Crippen LogP contribution is -2.46. The number of carboxylic acids is 1. The molecule has 0 aromatic heterocycles. The number of aliphatic carboxylic acids is 1. The Morgan fingerprint density at radius 2 is 2.09 bits per heavy atom. The molecule has 1 saturated heterocycles. The van der Waals surface area contributed by atoms with Crippen LogP contribution in [0.3, 0.4) is 0 Å². The van der Waals surface area contributed by atoms with Crippen molar-refractivity contribution in [2.24, 2.45) is 5.92 Å². The summed E-state index contributed by atoms with van der Waals surface area (Å²) in [6, 6.07) is 1.27. The SMILES string of the molecule is O=C(O)C1CCCN(C(=O)NCc2cc(F)c(Cl)cc2F)C1. The number of hydrogen-bond donors (Lipinski definition) is 2. The highest BCUT2D eigenvalue weighted by Gasteiger charge is 2.28. The number of benzene rings is 1. The van der Waals surface area contributed by atoms with Gasteiger partial charge in [-0.25, -0.2) is 13.6 Å². The molecule has 1 unspecified atom stereocenters. The second-order valence-electron chi connectivity index (χ2n) is 5.14. The van der Waals surface area contributed by atoms with Gasteiger partial charge in [0.05, 0.1) is 10.9 Å². The topological polar surface area (TPSA) is 69.6 Å². The maximum Gasteiger partial charge on any atom is 0.317 e. The molecule has 0 saturated carbocycles. The van der Waals surface area contributed by atoms with Gasteiger partial charge in [0.1, 0.15) is 11.6 Å². The molecular weight excluding hydrogens is 318 g/mol. The summed E-state index contributed by atoms with van der Waals surface area (Å²) < 4.78 is 26.9. The smallest absolute Gasteiger partial charge is 0.317 e. The van der Waals surface area contributed by atoms with Crippen LogP contribution in [0, 0.1) is 17.6 Å². The van der Waals surface area contributed by atoms with Crippen LogP contribution in [0.15, 0.2) is 12.1 Å². The molecule has 1 atom stereocenters. The maximum atomic E-state index is 13.6. The number of likely N-dealkylation sites (tertiary alicyclic amines) is 1. The van der Waals surface area contributed by atoms with Crippen molar-refractivity contribution < 1.29 is 23.5 Å². The van der Waals surface area contributed by atoms with Crippen molar-refractivity contribution in [3.63, 3.8) is 0 Å². The van der Waals surface area contributed by atoms with Gasteiger partial charge >= 0.3 is 12.0 Å². The molecule has 22 heavy (non-hydrogen) atoms. The van der Waals surface area contributed by atoms with E-state index in [0.717, 1.165) is 12.1 Å². The molecule has 5 nitrogen and oxygen atoms in total. The van der Waals surface area contributed by atoms with E-state index in [-0.39, 0.29) is 23.7 Å². The summed E-state index contributed by atoms with van der Waals surface area (Å²) in [5, 5.41) is 11.1. The molecule has 1 aromatic rings. The third-order valence-electron chi connectivity index (χ3n) is 3.58. The van der Waals surface area contributed by atoms with Gasteiger partial charge in [-0.2, -0.15) is 0 Å². The highest BCUT2D eigenvalue weighted by Crippen LogP contribution is 2.20. The van der Waals surface area contributed by atoms with Crippen LogP contribution in [-0.2, 0) is 11.3 Å². The fraction of sp³-hybridized carbons (Fsp3) is 0.429. The highest BCUT2D eigenvalue weighted by atomic mass is 35.5. The number of carbonyl (C=O) groups excluding carboxylic acids is 1. The monoisotopic (exact) mass is 332 g/mol. The Labute approximate surface area is 130 Å². The van der Waals surface area contributed by atoms with Gasteiger partial charge in [0.15, 0.2) is 0 Å². The van der Waals surface area contributed by atoms with Gasteiger partial charge in [-0.3, -0.25) is 4.79 Å². The van der Waals surface area contributed by atoms with Crippen LogP contribution in [0.4, 0.5) is 13.6 Å². The van der Waals surface area contributed by atoms with Crippen molar-refractivity contribution >= 4 is 23.6 Å². The minimum Gasteiger partial charge on any atom is -0.481 e. The quantitative estimate of drug-likeness (QED) is 0.836. The fourth-order valence-electron chi connectivity index (χ4n) is 2.35. The lowest BCUT2D eigenvalue weighted by Gasteiger charge is -2.30. The van der Waals surface area contributed by atoms with E-state index in [1.54, 1.807) is 0 Å². The van der Waals surface area contributed by atoms with Crippen LogP contribution in [0.1, 0.15) is 18.4 Å².